The predicted molar refractivity (Wildman–Crippen MR) is 121 cm³/mol. The zero-order valence-electron chi connectivity index (χ0n) is 18.0. The molecule has 3 rings (SSSR count). The molecule has 30 heavy (non-hydrogen) atoms. The van der Waals surface area contributed by atoms with Crippen molar-refractivity contribution in [3.05, 3.63) is 46.7 Å². The Hall–Kier alpha value is -2.67. The first kappa shape index (κ1) is 22.0. The van der Waals surface area contributed by atoms with E-state index in [4.69, 9.17) is 4.42 Å². The van der Waals surface area contributed by atoms with Crippen LogP contribution in [0.1, 0.15) is 50.6 Å². The third-order valence-corrected chi connectivity index (χ3v) is 5.81. The fourth-order valence-electron chi connectivity index (χ4n) is 3.17. The standard InChI is InChI=1S/C23H29N3O3S/c1-5-6-10-20-18(17-9-7-8-11-19(17)29-20)13-26(4)21(27)12-16-14-30-23(24-16)25-22(28)15(2)3/h7-9,11,14-15H,5-6,10,12-13H2,1-4H3,(H,24,25,28). The van der Waals surface area contributed by atoms with Crippen molar-refractivity contribution in [2.24, 2.45) is 5.92 Å². The van der Waals surface area contributed by atoms with Crippen molar-refractivity contribution in [1.82, 2.24) is 9.88 Å². The van der Waals surface area contributed by atoms with Crippen LogP contribution < -0.4 is 5.32 Å². The van der Waals surface area contributed by atoms with Crippen LogP contribution in [0.3, 0.4) is 0 Å². The van der Waals surface area contributed by atoms with E-state index < -0.39 is 0 Å². The van der Waals surface area contributed by atoms with E-state index in [0.29, 0.717) is 17.4 Å². The van der Waals surface area contributed by atoms with E-state index in [1.54, 1.807) is 4.90 Å². The number of fused-ring (bicyclic) bond motifs is 1. The molecular formula is C23H29N3O3S. The molecule has 1 N–H and O–H groups in total. The molecule has 0 spiro atoms. The first-order valence-corrected chi connectivity index (χ1v) is 11.3. The summed E-state index contributed by atoms with van der Waals surface area (Å²) >= 11 is 1.34. The molecule has 0 unspecified atom stereocenters. The van der Waals surface area contributed by atoms with Crippen LogP contribution in [0.15, 0.2) is 34.1 Å². The molecule has 0 aliphatic rings. The molecule has 0 aliphatic carbocycles. The number of nitrogens with one attached hydrogen (secondary N) is 1. The van der Waals surface area contributed by atoms with Crippen LogP contribution in [0, 0.1) is 5.92 Å². The van der Waals surface area contributed by atoms with E-state index in [2.05, 4.69) is 17.2 Å². The van der Waals surface area contributed by atoms with Crippen LogP contribution in [0.25, 0.3) is 11.0 Å². The molecule has 2 heterocycles. The molecule has 3 aromatic rings. The average molecular weight is 428 g/mol. The van der Waals surface area contributed by atoms with Crippen molar-refractivity contribution in [1.29, 1.82) is 0 Å². The molecule has 0 saturated carbocycles. The average Bonchev–Trinajstić information content (AvgIpc) is 3.30. The van der Waals surface area contributed by atoms with E-state index in [9.17, 15) is 9.59 Å². The Morgan fingerprint density at radius 1 is 1.27 bits per heavy atom. The lowest BCUT2D eigenvalue weighted by Crippen LogP contribution is -2.28. The molecule has 160 valence electrons. The summed E-state index contributed by atoms with van der Waals surface area (Å²) in [4.78, 5) is 30.7. The van der Waals surface area contributed by atoms with Gasteiger partial charge in [-0.3, -0.25) is 9.59 Å². The summed E-state index contributed by atoms with van der Waals surface area (Å²) in [5, 5.41) is 6.19. The van der Waals surface area contributed by atoms with Crippen LogP contribution >= 0.6 is 11.3 Å². The number of aryl methyl sites for hydroxylation is 1. The number of thiazole rings is 1. The Bertz CT molecular complexity index is 1020. The summed E-state index contributed by atoms with van der Waals surface area (Å²) in [6, 6.07) is 7.98. The first-order chi connectivity index (χ1) is 14.4. The van der Waals surface area contributed by atoms with Crippen molar-refractivity contribution < 1.29 is 14.0 Å². The predicted octanol–water partition coefficient (Wildman–Crippen LogP) is 5.03. The van der Waals surface area contributed by atoms with Gasteiger partial charge < -0.3 is 14.6 Å². The van der Waals surface area contributed by atoms with Gasteiger partial charge in [-0.05, 0) is 12.5 Å². The van der Waals surface area contributed by atoms with Gasteiger partial charge in [-0.1, -0.05) is 45.4 Å². The lowest BCUT2D eigenvalue weighted by molar-refractivity contribution is -0.129. The second-order valence-electron chi connectivity index (χ2n) is 7.82. The lowest BCUT2D eigenvalue weighted by Gasteiger charge is -2.17. The van der Waals surface area contributed by atoms with E-state index in [0.717, 1.165) is 41.6 Å². The number of nitrogens with zero attached hydrogens (tertiary/aromatic N) is 2. The van der Waals surface area contributed by atoms with E-state index in [1.807, 2.05) is 50.5 Å². The number of amides is 2. The highest BCUT2D eigenvalue weighted by atomic mass is 32.1. The SMILES string of the molecule is CCCCc1oc2ccccc2c1CN(C)C(=O)Cc1csc(NC(=O)C(C)C)n1. The van der Waals surface area contributed by atoms with Crippen molar-refractivity contribution in [3.8, 4) is 0 Å². The molecule has 2 amide bonds. The van der Waals surface area contributed by atoms with Crippen molar-refractivity contribution in [2.45, 2.75) is 53.0 Å². The molecule has 7 heteroatoms. The molecule has 0 atom stereocenters. The molecule has 0 radical (unpaired) electrons. The van der Waals surface area contributed by atoms with Crippen LogP contribution in [-0.4, -0.2) is 28.7 Å². The Kier molecular flexibility index (Phi) is 7.26. The summed E-state index contributed by atoms with van der Waals surface area (Å²) in [6.07, 6.45) is 3.21. The van der Waals surface area contributed by atoms with Gasteiger partial charge in [0.1, 0.15) is 11.3 Å². The number of furan rings is 1. The fourth-order valence-corrected chi connectivity index (χ4v) is 3.89. The minimum atomic E-state index is -0.114. The summed E-state index contributed by atoms with van der Waals surface area (Å²) in [5.41, 5.74) is 2.61. The van der Waals surface area contributed by atoms with Gasteiger partial charge >= 0.3 is 0 Å². The molecule has 1 aromatic carbocycles. The number of carbonyl (C=O) groups is 2. The molecule has 0 saturated heterocycles. The first-order valence-electron chi connectivity index (χ1n) is 10.4. The second-order valence-corrected chi connectivity index (χ2v) is 8.68. The number of unbranched alkanes of at least 4 members (excludes halogenated alkanes) is 1. The van der Waals surface area contributed by atoms with E-state index in [1.165, 1.54) is 11.3 Å². The number of benzene rings is 1. The molecule has 0 aliphatic heterocycles. The third-order valence-electron chi connectivity index (χ3n) is 5.00. The largest absolute Gasteiger partial charge is 0.461 e. The van der Waals surface area contributed by atoms with E-state index >= 15 is 0 Å². The maximum Gasteiger partial charge on any atom is 0.228 e. The number of para-hydroxylation sites is 1. The summed E-state index contributed by atoms with van der Waals surface area (Å²) in [6.45, 7) is 6.31. The van der Waals surface area contributed by atoms with Crippen molar-refractivity contribution in [2.75, 3.05) is 12.4 Å². The van der Waals surface area contributed by atoms with Gasteiger partial charge in [0.25, 0.3) is 0 Å². The molecular weight excluding hydrogens is 398 g/mol. The maximum absolute atomic E-state index is 12.8. The normalized spacial score (nSPS) is 11.2. The molecule has 0 bridgehead atoms. The van der Waals surface area contributed by atoms with E-state index in [-0.39, 0.29) is 24.2 Å². The zero-order valence-corrected chi connectivity index (χ0v) is 18.8. The van der Waals surface area contributed by atoms with Crippen LogP contribution in [0.5, 0.6) is 0 Å². The Labute approximate surface area is 181 Å². The van der Waals surface area contributed by atoms with Gasteiger partial charge in [-0.2, -0.15) is 0 Å². The minimum Gasteiger partial charge on any atom is -0.461 e. The van der Waals surface area contributed by atoms with Crippen LogP contribution in [0.4, 0.5) is 5.13 Å². The number of likely N-dealkylation sites (N-methyl/N-ethyl adjacent to an activating group) is 1. The molecule has 2 aromatic heterocycles. The number of rotatable bonds is 9. The lowest BCUT2D eigenvalue weighted by atomic mass is 10.1. The minimum absolute atomic E-state index is 0.0197. The van der Waals surface area contributed by atoms with Crippen LogP contribution in [-0.2, 0) is 29.0 Å². The Morgan fingerprint density at radius 2 is 2.03 bits per heavy atom. The highest BCUT2D eigenvalue weighted by Gasteiger charge is 2.19. The fraction of sp³-hybridized carbons (Fsp3) is 0.435. The molecule has 6 nitrogen and oxygen atoms in total. The smallest absolute Gasteiger partial charge is 0.228 e. The second kappa shape index (κ2) is 9.89. The summed E-state index contributed by atoms with van der Waals surface area (Å²) in [5.74, 6) is 0.751. The third kappa shape index (κ3) is 5.27. The summed E-state index contributed by atoms with van der Waals surface area (Å²) in [7, 11) is 1.81. The number of aromatic nitrogens is 1. The zero-order chi connectivity index (χ0) is 21.7. The highest BCUT2D eigenvalue weighted by Crippen LogP contribution is 2.28. The number of carbonyl (C=O) groups excluding carboxylic acids is 2. The van der Waals surface area contributed by atoms with Gasteiger partial charge in [0.05, 0.1) is 12.1 Å². The van der Waals surface area contributed by atoms with Gasteiger partial charge in [0.2, 0.25) is 11.8 Å². The van der Waals surface area contributed by atoms with Crippen molar-refractivity contribution in [3.63, 3.8) is 0 Å². The topological polar surface area (TPSA) is 75.4 Å². The molecule has 0 fully saturated rings. The number of anilines is 1. The summed E-state index contributed by atoms with van der Waals surface area (Å²) < 4.78 is 6.07. The number of hydrogen-bond donors (Lipinski definition) is 1. The van der Waals surface area contributed by atoms with Crippen LogP contribution in [0.2, 0.25) is 0 Å². The van der Waals surface area contributed by atoms with Gasteiger partial charge in [-0.25, -0.2) is 4.98 Å². The van der Waals surface area contributed by atoms with Crippen molar-refractivity contribution >= 4 is 39.3 Å². The monoisotopic (exact) mass is 427 g/mol. The highest BCUT2D eigenvalue weighted by molar-refractivity contribution is 7.13. The van der Waals surface area contributed by atoms with Gasteiger partial charge in [-0.15, -0.1) is 11.3 Å². The quantitative estimate of drug-likeness (QED) is 0.520. The Balaban J connectivity index is 1.69. The number of hydrogen-bond acceptors (Lipinski definition) is 5. The van der Waals surface area contributed by atoms with Gasteiger partial charge in [0.15, 0.2) is 5.13 Å². The maximum atomic E-state index is 12.8. The van der Waals surface area contributed by atoms with Gasteiger partial charge in [0, 0.05) is 42.3 Å². The Morgan fingerprint density at radius 3 is 2.77 bits per heavy atom.